The first-order valence-corrected chi connectivity index (χ1v) is 8.51. The minimum Gasteiger partial charge on any atom is -0.268 e. The molecule has 0 saturated carbocycles. The van der Waals surface area contributed by atoms with Crippen LogP contribution < -0.4 is 4.90 Å². The molecule has 3 nitrogen and oxygen atoms in total. The number of hydrogen-bond acceptors (Lipinski definition) is 3. The zero-order valence-electron chi connectivity index (χ0n) is 12.9. The van der Waals surface area contributed by atoms with Crippen LogP contribution in [0, 0.1) is 0 Å². The number of imide groups is 1. The molecule has 120 valence electrons. The van der Waals surface area contributed by atoms with Gasteiger partial charge >= 0.3 is 0 Å². The molecule has 0 spiro atoms. The second-order valence-corrected chi connectivity index (χ2v) is 6.72. The van der Waals surface area contributed by atoms with Crippen molar-refractivity contribution in [2.75, 3.05) is 4.90 Å². The second kappa shape index (κ2) is 7.07. The standard InChI is InChI=1S/C19H14ClNO2S/c1-13(11-14-5-3-2-4-6-14)12-17-18(22)21(19(23)24-17)16-9-7-15(20)8-10-16/h2-12H,1H3/b13-11+,17-12-. The van der Waals surface area contributed by atoms with Crippen molar-refractivity contribution in [3.05, 3.63) is 81.7 Å². The molecular weight excluding hydrogens is 342 g/mol. The number of nitrogens with zero attached hydrogens (tertiary/aromatic N) is 1. The van der Waals surface area contributed by atoms with Crippen molar-refractivity contribution in [2.24, 2.45) is 0 Å². The van der Waals surface area contributed by atoms with Gasteiger partial charge in [0.25, 0.3) is 11.1 Å². The van der Waals surface area contributed by atoms with E-state index in [0.29, 0.717) is 15.6 Å². The molecule has 0 atom stereocenters. The molecule has 1 aliphatic rings. The topological polar surface area (TPSA) is 37.4 Å². The van der Waals surface area contributed by atoms with Crippen LogP contribution in [-0.4, -0.2) is 11.1 Å². The van der Waals surface area contributed by atoms with Gasteiger partial charge in [-0.2, -0.15) is 0 Å². The summed E-state index contributed by atoms with van der Waals surface area (Å²) < 4.78 is 0. The van der Waals surface area contributed by atoms with Crippen LogP contribution in [0.15, 0.2) is 71.2 Å². The maximum atomic E-state index is 12.5. The SMILES string of the molecule is CC(/C=C1\SC(=O)N(c2ccc(Cl)cc2)C1=O)=C\c1ccccc1. The number of carbonyl (C=O) groups excluding carboxylic acids is 2. The third-order valence-electron chi connectivity index (χ3n) is 3.43. The number of carbonyl (C=O) groups is 2. The van der Waals surface area contributed by atoms with Gasteiger partial charge in [0.2, 0.25) is 0 Å². The third-order valence-corrected chi connectivity index (χ3v) is 4.55. The van der Waals surface area contributed by atoms with Crippen molar-refractivity contribution in [3.63, 3.8) is 0 Å². The summed E-state index contributed by atoms with van der Waals surface area (Å²) >= 11 is 6.80. The van der Waals surface area contributed by atoms with E-state index in [0.717, 1.165) is 22.9 Å². The lowest BCUT2D eigenvalue weighted by Gasteiger charge is -2.12. The molecule has 2 aromatic rings. The van der Waals surface area contributed by atoms with Crippen LogP contribution in [-0.2, 0) is 4.79 Å². The van der Waals surface area contributed by atoms with Crippen LogP contribution in [0.2, 0.25) is 5.02 Å². The second-order valence-electron chi connectivity index (χ2n) is 5.29. The lowest BCUT2D eigenvalue weighted by molar-refractivity contribution is -0.113. The van der Waals surface area contributed by atoms with E-state index >= 15 is 0 Å². The summed E-state index contributed by atoms with van der Waals surface area (Å²) in [5.74, 6) is -0.312. The van der Waals surface area contributed by atoms with Crippen LogP contribution in [0.5, 0.6) is 0 Å². The Balaban J connectivity index is 1.85. The number of amides is 2. The molecule has 3 rings (SSSR count). The third kappa shape index (κ3) is 3.61. The number of thioether (sulfide) groups is 1. The Morgan fingerprint density at radius 1 is 1.04 bits per heavy atom. The Labute approximate surface area is 149 Å². The highest BCUT2D eigenvalue weighted by Gasteiger charge is 2.36. The van der Waals surface area contributed by atoms with Gasteiger partial charge in [-0.25, -0.2) is 4.90 Å². The Morgan fingerprint density at radius 3 is 2.38 bits per heavy atom. The first-order chi connectivity index (χ1) is 11.5. The van der Waals surface area contributed by atoms with Crippen molar-refractivity contribution in [1.29, 1.82) is 0 Å². The van der Waals surface area contributed by atoms with E-state index in [9.17, 15) is 9.59 Å². The van der Waals surface area contributed by atoms with Gasteiger partial charge in [0.1, 0.15) is 0 Å². The molecule has 0 bridgehead atoms. The molecule has 1 fully saturated rings. The maximum Gasteiger partial charge on any atom is 0.298 e. The zero-order chi connectivity index (χ0) is 17.1. The normalized spacial score (nSPS) is 17.0. The highest BCUT2D eigenvalue weighted by Crippen LogP contribution is 2.35. The lowest BCUT2D eigenvalue weighted by atomic mass is 10.1. The lowest BCUT2D eigenvalue weighted by Crippen LogP contribution is -2.27. The molecule has 0 radical (unpaired) electrons. The first kappa shape index (κ1) is 16.6. The van der Waals surface area contributed by atoms with E-state index in [1.54, 1.807) is 30.3 Å². The molecule has 0 aromatic heterocycles. The van der Waals surface area contributed by atoms with Gasteiger partial charge in [-0.3, -0.25) is 9.59 Å². The van der Waals surface area contributed by atoms with E-state index in [1.807, 2.05) is 43.3 Å². The first-order valence-electron chi connectivity index (χ1n) is 7.31. The van der Waals surface area contributed by atoms with Crippen molar-refractivity contribution < 1.29 is 9.59 Å². The number of hydrogen-bond donors (Lipinski definition) is 0. The van der Waals surface area contributed by atoms with Crippen LogP contribution in [0.1, 0.15) is 12.5 Å². The fourth-order valence-corrected chi connectivity index (χ4v) is 3.36. The number of benzene rings is 2. The van der Waals surface area contributed by atoms with Crippen LogP contribution in [0.25, 0.3) is 6.08 Å². The predicted molar refractivity (Wildman–Crippen MR) is 100 cm³/mol. The fraction of sp³-hybridized carbons (Fsp3) is 0.0526. The highest BCUT2D eigenvalue weighted by atomic mass is 35.5. The van der Waals surface area contributed by atoms with Gasteiger partial charge in [-0.1, -0.05) is 48.0 Å². The van der Waals surface area contributed by atoms with Gasteiger partial charge in [0.15, 0.2) is 0 Å². The van der Waals surface area contributed by atoms with E-state index in [2.05, 4.69) is 0 Å². The van der Waals surface area contributed by atoms with Crippen molar-refractivity contribution in [3.8, 4) is 0 Å². The van der Waals surface area contributed by atoms with E-state index in [1.165, 1.54) is 4.90 Å². The minimum atomic E-state index is -0.312. The molecular formula is C19H14ClNO2S. The molecule has 0 aliphatic carbocycles. The quantitative estimate of drug-likeness (QED) is 0.679. The summed E-state index contributed by atoms with van der Waals surface area (Å²) in [7, 11) is 0. The number of rotatable bonds is 3. The molecule has 1 heterocycles. The minimum absolute atomic E-state index is 0.305. The summed E-state index contributed by atoms with van der Waals surface area (Å²) in [5, 5.41) is 0.254. The molecule has 0 unspecified atom stereocenters. The summed E-state index contributed by atoms with van der Waals surface area (Å²) in [6.45, 7) is 1.91. The monoisotopic (exact) mass is 355 g/mol. The van der Waals surface area contributed by atoms with Crippen LogP contribution in [0.3, 0.4) is 0 Å². The average molecular weight is 356 g/mol. The Bertz CT molecular complexity index is 841. The molecule has 0 N–H and O–H groups in total. The molecule has 1 saturated heterocycles. The molecule has 2 amide bonds. The van der Waals surface area contributed by atoms with Crippen molar-refractivity contribution in [2.45, 2.75) is 6.92 Å². The molecule has 24 heavy (non-hydrogen) atoms. The van der Waals surface area contributed by atoms with Gasteiger partial charge in [0, 0.05) is 5.02 Å². The molecule has 1 aliphatic heterocycles. The maximum absolute atomic E-state index is 12.5. The van der Waals surface area contributed by atoms with Crippen LogP contribution >= 0.6 is 23.4 Å². The summed E-state index contributed by atoms with van der Waals surface area (Å²) in [5.41, 5.74) is 2.47. The average Bonchev–Trinajstić information content (AvgIpc) is 2.83. The zero-order valence-corrected chi connectivity index (χ0v) is 14.5. The smallest absolute Gasteiger partial charge is 0.268 e. The van der Waals surface area contributed by atoms with E-state index in [4.69, 9.17) is 11.6 Å². The van der Waals surface area contributed by atoms with E-state index in [-0.39, 0.29) is 11.1 Å². The Morgan fingerprint density at radius 2 is 1.71 bits per heavy atom. The van der Waals surface area contributed by atoms with Crippen molar-refractivity contribution >= 4 is 46.3 Å². The predicted octanol–water partition coefficient (Wildman–Crippen LogP) is 5.53. The molecule has 5 heteroatoms. The highest BCUT2D eigenvalue weighted by molar-refractivity contribution is 8.18. The Kier molecular flexibility index (Phi) is 4.88. The summed E-state index contributed by atoms with van der Waals surface area (Å²) in [6.07, 6.45) is 3.71. The van der Waals surface area contributed by atoms with Crippen molar-refractivity contribution in [1.82, 2.24) is 0 Å². The number of halogens is 1. The van der Waals surface area contributed by atoms with Gasteiger partial charge in [0.05, 0.1) is 10.6 Å². The Hall–Kier alpha value is -2.30. The fourth-order valence-electron chi connectivity index (χ4n) is 2.34. The summed E-state index contributed by atoms with van der Waals surface area (Å²) in [4.78, 5) is 26.3. The summed E-state index contributed by atoms with van der Waals surface area (Å²) in [6, 6.07) is 16.5. The number of allylic oxidation sites excluding steroid dienone is 2. The number of anilines is 1. The van der Waals surface area contributed by atoms with Gasteiger partial charge < -0.3 is 0 Å². The molecule has 2 aromatic carbocycles. The van der Waals surface area contributed by atoms with Gasteiger partial charge in [-0.15, -0.1) is 0 Å². The van der Waals surface area contributed by atoms with Crippen LogP contribution in [0.4, 0.5) is 10.5 Å². The van der Waals surface area contributed by atoms with Gasteiger partial charge in [-0.05, 0) is 60.2 Å². The largest absolute Gasteiger partial charge is 0.298 e. The van der Waals surface area contributed by atoms with E-state index < -0.39 is 0 Å².